The summed E-state index contributed by atoms with van der Waals surface area (Å²) in [6.45, 7) is 1.89. The van der Waals surface area contributed by atoms with E-state index in [0.717, 1.165) is 24.0 Å². The van der Waals surface area contributed by atoms with Gasteiger partial charge < -0.3 is 10.00 Å². The lowest BCUT2D eigenvalue weighted by atomic mass is 10.1. The molecule has 0 aliphatic heterocycles. The summed E-state index contributed by atoms with van der Waals surface area (Å²) in [5.74, 6) is -1.41. The minimum atomic E-state index is -3.81. The van der Waals surface area contributed by atoms with Crippen LogP contribution in [-0.4, -0.2) is 15.8 Å². The average molecular weight is 270 g/mol. The molecule has 0 aromatic heterocycles. The first-order chi connectivity index (χ1) is 8.40. The Balaban J connectivity index is 2.08. The van der Waals surface area contributed by atoms with E-state index in [4.69, 9.17) is 4.52 Å². The average Bonchev–Trinajstić information content (AvgIpc) is 2.67. The Morgan fingerprint density at radius 3 is 2.56 bits per heavy atom. The Labute approximate surface area is 107 Å². The van der Waals surface area contributed by atoms with Crippen LogP contribution in [0.4, 0.5) is 0 Å². The molecule has 0 saturated heterocycles. The van der Waals surface area contributed by atoms with E-state index in [1.807, 2.05) is 25.1 Å². The van der Waals surface area contributed by atoms with Crippen LogP contribution in [0.3, 0.4) is 0 Å². The zero-order valence-electron chi connectivity index (χ0n) is 10.5. The third-order valence-corrected chi connectivity index (χ3v) is 4.69. The molecule has 1 aliphatic carbocycles. The van der Waals surface area contributed by atoms with Gasteiger partial charge in [-0.2, -0.15) is 0 Å². The van der Waals surface area contributed by atoms with Crippen LogP contribution in [-0.2, 0) is 15.3 Å². The fourth-order valence-corrected chi connectivity index (χ4v) is 3.88. The maximum Gasteiger partial charge on any atom is 0.334 e. The van der Waals surface area contributed by atoms with Crippen LogP contribution in [0.1, 0.15) is 36.8 Å². The van der Waals surface area contributed by atoms with Gasteiger partial charge in [0.15, 0.2) is 5.79 Å². The second-order valence-corrected chi connectivity index (χ2v) is 6.74. The highest BCUT2D eigenvalue weighted by atomic mass is 31.2. The van der Waals surface area contributed by atoms with Crippen LogP contribution in [0.25, 0.3) is 0 Å². The molecule has 2 rings (SSSR count). The quantitative estimate of drug-likeness (QED) is 0.652. The van der Waals surface area contributed by atoms with Gasteiger partial charge in [-0.1, -0.05) is 24.3 Å². The molecule has 1 unspecified atom stereocenters. The van der Waals surface area contributed by atoms with Gasteiger partial charge in [-0.25, -0.2) is 0 Å². The number of hydrogen-bond donors (Lipinski definition) is 2. The van der Waals surface area contributed by atoms with Gasteiger partial charge in [0.25, 0.3) is 0 Å². The van der Waals surface area contributed by atoms with Crippen molar-refractivity contribution < 1.29 is 19.1 Å². The fourth-order valence-electron chi connectivity index (χ4n) is 2.32. The molecule has 0 bridgehead atoms. The monoisotopic (exact) mass is 270 g/mol. The highest BCUT2D eigenvalue weighted by Gasteiger charge is 2.39. The number of rotatable bonds is 4. The second kappa shape index (κ2) is 5.14. The van der Waals surface area contributed by atoms with Gasteiger partial charge in [-0.05, 0) is 30.9 Å². The topological polar surface area (TPSA) is 66.8 Å². The minimum absolute atomic E-state index is 0.0536. The van der Waals surface area contributed by atoms with Crippen molar-refractivity contribution in [1.82, 2.24) is 0 Å². The van der Waals surface area contributed by atoms with Crippen molar-refractivity contribution in [2.45, 2.75) is 44.6 Å². The molecule has 1 saturated carbocycles. The largest absolute Gasteiger partial charge is 0.365 e. The van der Waals surface area contributed by atoms with Gasteiger partial charge in [0.2, 0.25) is 0 Å². The Kier molecular flexibility index (Phi) is 3.93. The summed E-state index contributed by atoms with van der Waals surface area (Å²) < 4.78 is 17.2. The van der Waals surface area contributed by atoms with Crippen LogP contribution in [0.15, 0.2) is 24.3 Å². The number of hydrogen-bond acceptors (Lipinski definition) is 3. The molecular formula is C13H19O4P. The molecule has 1 atom stereocenters. The van der Waals surface area contributed by atoms with Gasteiger partial charge in [-0.3, -0.25) is 9.09 Å². The molecule has 1 aliphatic rings. The van der Waals surface area contributed by atoms with E-state index in [-0.39, 0.29) is 6.16 Å². The van der Waals surface area contributed by atoms with Crippen LogP contribution in [0, 0.1) is 6.92 Å². The summed E-state index contributed by atoms with van der Waals surface area (Å²) in [6, 6.07) is 7.40. The third kappa shape index (κ3) is 3.42. The lowest BCUT2D eigenvalue weighted by Crippen LogP contribution is -2.27. The Bertz CT molecular complexity index is 466. The van der Waals surface area contributed by atoms with Crippen molar-refractivity contribution in [1.29, 1.82) is 0 Å². The van der Waals surface area contributed by atoms with Crippen LogP contribution >= 0.6 is 7.60 Å². The lowest BCUT2D eigenvalue weighted by Gasteiger charge is -2.25. The van der Waals surface area contributed by atoms with E-state index >= 15 is 0 Å². The van der Waals surface area contributed by atoms with E-state index in [9.17, 15) is 14.6 Å². The lowest BCUT2D eigenvalue weighted by molar-refractivity contribution is -0.135. The van der Waals surface area contributed by atoms with E-state index < -0.39 is 13.4 Å². The zero-order chi connectivity index (χ0) is 13.2. The standard InChI is InChI=1S/C13H19O4P/c1-11-6-2-3-7-12(11)10-18(15,16)17-13(14)8-4-5-9-13/h2-3,6-7,14H,4-5,8-10H2,1H3,(H,15,16). The summed E-state index contributed by atoms with van der Waals surface area (Å²) in [5, 5.41) is 10.0. The number of aryl methyl sites for hydroxylation is 1. The Morgan fingerprint density at radius 1 is 1.33 bits per heavy atom. The van der Waals surface area contributed by atoms with Crippen molar-refractivity contribution in [3.05, 3.63) is 35.4 Å². The third-order valence-electron chi connectivity index (χ3n) is 3.33. The van der Waals surface area contributed by atoms with Crippen molar-refractivity contribution in [2.75, 3.05) is 0 Å². The van der Waals surface area contributed by atoms with Crippen molar-refractivity contribution in [2.24, 2.45) is 0 Å². The molecule has 0 radical (unpaired) electrons. The molecule has 18 heavy (non-hydrogen) atoms. The molecule has 1 fully saturated rings. The number of aliphatic hydroxyl groups is 1. The molecule has 0 heterocycles. The smallest absolute Gasteiger partial charge is 0.334 e. The first-order valence-electron chi connectivity index (χ1n) is 6.20. The van der Waals surface area contributed by atoms with Crippen molar-refractivity contribution in [3.8, 4) is 0 Å². The normalized spacial score (nSPS) is 21.7. The summed E-state index contributed by atoms with van der Waals surface area (Å²) in [6.07, 6.45) is 2.49. The molecule has 0 amide bonds. The van der Waals surface area contributed by atoms with Gasteiger partial charge in [0.1, 0.15) is 0 Å². The van der Waals surface area contributed by atoms with Crippen LogP contribution < -0.4 is 0 Å². The maximum absolute atomic E-state index is 12.1. The first kappa shape index (κ1) is 13.8. The molecule has 1 aromatic carbocycles. The van der Waals surface area contributed by atoms with Crippen LogP contribution in [0.2, 0.25) is 0 Å². The second-order valence-electron chi connectivity index (χ2n) is 4.97. The molecule has 0 spiro atoms. The van der Waals surface area contributed by atoms with Gasteiger partial charge in [-0.15, -0.1) is 0 Å². The Hall–Kier alpha value is -0.670. The highest BCUT2D eigenvalue weighted by molar-refractivity contribution is 7.52. The van der Waals surface area contributed by atoms with E-state index in [1.165, 1.54) is 0 Å². The van der Waals surface area contributed by atoms with Crippen molar-refractivity contribution >= 4 is 7.60 Å². The minimum Gasteiger partial charge on any atom is -0.365 e. The molecule has 1 aromatic rings. The van der Waals surface area contributed by atoms with Gasteiger partial charge >= 0.3 is 7.60 Å². The van der Waals surface area contributed by atoms with Gasteiger partial charge in [0.05, 0.1) is 6.16 Å². The van der Waals surface area contributed by atoms with Crippen molar-refractivity contribution in [3.63, 3.8) is 0 Å². The number of benzene rings is 1. The first-order valence-corrected chi connectivity index (χ1v) is 7.96. The zero-order valence-corrected chi connectivity index (χ0v) is 11.4. The highest BCUT2D eigenvalue weighted by Crippen LogP contribution is 2.52. The summed E-state index contributed by atoms with van der Waals surface area (Å²) in [7, 11) is -3.81. The fraction of sp³-hybridized carbons (Fsp3) is 0.538. The SMILES string of the molecule is Cc1ccccc1CP(=O)(O)OC1(O)CCCC1. The summed E-state index contributed by atoms with van der Waals surface area (Å²) in [5.41, 5.74) is 1.73. The molecule has 2 N–H and O–H groups in total. The molecular weight excluding hydrogens is 251 g/mol. The van der Waals surface area contributed by atoms with E-state index in [2.05, 4.69) is 0 Å². The molecule has 100 valence electrons. The van der Waals surface area contributed by atoms with Crippen LogP contribution in [0.5, 0.6) is 0 Å². The predicted molar refractivity (Wildman–Crippen MR) is 69.2 cm³/mol. The maximum atomic E-state index is 12.1. The van der Waals surface area contributed by atoms with E-state index in [0.29, 0.717) is 12.8 Å². The summed E-state index contributed by atoms with van der Waals surface area (Å²) in [4.78, 5) is 9.89. The summed E-state index contributed by atoms with van der Waals surface area (Å²) >= 11 is 0. The molecule has 4 nitrogen and oxygen atoms in total. The van der Waals surface area contributed by atoms with Gasteiger partial charge in [0, 0.05) is 12.8 Å². The Morgan fingerprint density at radius 2 is 1.94 bits per heavy atom. The molecule has 5 heteroatoms. The predicted octanol–water partition coefficient (Wildman–Crippen LogP) is 2.96. The van der Waals surface area contributed by atoms with E-state index in [1.54, 1.807) is 6.07 Å².